The van der Waals surface area contributed by atoms with E-state index in [0.717, 1.165) is 0 Å². The average Bonchev–Trinajstić information content (AvgIpc) is 2.78. The Morgan fingerprint density at radius 3 is 2.83 bits per heavy atom. The summed E-state index contributed by atoms with van der Waals surface area (Å²) >= 11 is 6.04. The molecule has 0 saturated carbocycles. The summed E-state index contributed by atoms with van der Waals surface area (Å²) in [5, 5.41) is 7.08. The normalized spacial score (nSPS) is 12.2. The lowest BCUT2D eigenvalue weighted by atomic mass is 10.2. The molecule has 5 nitrogen and oxygen atoms in total. The van der Waals surface area contributed by atoms with E-state index in [1.54, 1.807) is 19.1 Å². The summed E-state index contributed by atoms with van der Waals surface area (Å²) in [6, 6.07) is 6.90. The lowest BCUT2D eigenvalue weighted by Crippen LogP contribution is -2.23. The van der Waals surface area contributed by atoms with E-state index in [0.29, 0.717) is 22.3 Å². The van der Waals surface area contributed by atoms with Gasteiger partial charge < -0.3 is 9.84 Å². The van der Waals surface area contributed by atoms with Gasteiger partial charge in [0.05, 0.1) is 5.02 Å². The summed E-state index contributed by atoms with van der Waals surface area (Å²) in [6.45, 7) is 3.20. The number of carbonyl (C=O) groups excluding carboxylic acids is 1. The van der Waals surface area contributed by atoms with Gasteiger partial charge in [-0.2, -0.15) is 4.98 Å². The number of benzene rings is 1. The Morgan fingerprint density at radius 2 is 2.17 bits per heavy atom. The van der Waals surface area contributed by atoms with Crippen molar-refractivity contribution < 1.29 is 9.32 Å². The lowest BCUT2D eigenvalue weighted by Gasteiger charge is -2.05. The number of carbonyl (C=O) groups is 1. The minimum absolute atomic E-state index is 0.153. The number of rotatable bonds is 3. The topological polar surface area (TPSA) is 68.0 Å². The molecule has 0 fully saturated rings. The van der Waals surface area contributed by atoms with E-state index in [-0.39, 0.29) is 11.9 Å². The van der Waals surface area contributed by atoms with Crippen LogP contribution in [0.2, 0.25) is 5.02 Å². The molecular formula is C12H12ClN3O2. The molecule has 0 aliphatic rings. The summed E-state index contributed by atoms with van der Waals surface area (Å²) in [5.74, 6) is 0.605. The zero-order valence-electron chi connectivity index (χ0n) is 9.98. The number of nitrogens with one attached hydrogen (secondary N) is 1. The third-order valence-electron chi connectivity index (χ3n) is 2.35. The predicted octanol–water partition coefficient (Wildman–Crippen LogP) is 2.59. The lowest BCUT2D eigenvalue weighted by molar-refractivity contribution is -0.119. The molecule has 18 heavy (non-hydrogen) atoms. The van der Waals surface area contributed by atoms with Gasteiger partial charge >= 0.3 is 0 Å². The van der Waals surface area contributed by atoms with Crippen LogP contribution in [0.4, 0.5) is 0 Å². The van der Waals surface area contributed by atoms with E-state index in [1.807, 2.05) is 12.1 Å². The standard InChI is InChI=1S/C12H12ClN3O2/c1-7(14-8(2)17)12-15-11(16-18-12)9-5-3-4-6-10(9)13/h3-7H,1-2H3,(H,14,17)/t7-/m1/s1. The van der Waals surface area contributed by atoms with Crippen LogP contribution in [0, 0.1) is 0 Å². The summed E-state index contributed by atoms with van der Waals surface area (Å²) in [5.41, 5.74) is 0.698. The van der Waals surface area contributed by atoms with Crippen molar-refractivity contribution >= 4 is 17.5 Å². The second-order valence-electron chi connectivity index (χ2n) is 3.86. The molecule has 0 bridgehead atoms. The van der Waals surface area contributed by atoms with Gasteiger partial charge in [0, 0.05) is 12.5 Å². The third kappa shape index (κ3) is 2.68. The smallest absolute Gasteiger partial charge is 0.249 e. The Labute approximate surface area is 109 Å². The molecule has 1 N–H and O–H groups in total. The molecular weight excluding hydrogens is 254 g/mol. The van der Waals surface area contributed by atoms with Crippen LogP contribution in [-0.4, -0.2) is 16.0 Å². The van der Waals surface area contributed by atoms with E-state index in [9.17, 15) is 4.79 Å². The van der Waals surface area contributed by atoms with Crippen molar-refractivity contribution in [3.63, 3.8) is 0 Å². The van der Waals surface area contributed by atoms with Crippen LogP contribution in [0.15, 0.2) is 28.8 Å². The predicted molar refractivity (Wildman–Crippen MR) is 67.0 cm³/mol. The van der Waals surface area contributed by atoms with Crippen LogP contribution < -0.4 is 5.32 Å². The number of nitrogens with zero attached hydrogens (tertiary/aromatic N) is 2. The largest absolute Gasteiger partial charge is 0.345 e. The van der Waals surface area contributed by atoms with Crippen molar-refractivity contribution in [1.29, 1.82) is 0 Å². The Hall–Kier alpha value is -1.88. The monoisotopic (exact) mass is 265 g/mol. The van der Waals surface area contributed by atoms with Gasteiger partial charge in [-0.15, -0.1) is 0 Å². The molecule has 0 spiro atoms. The fourth-order valence-corrected chi connectivity index (χ4v) is 1.75. The van der Waals surface area contributed by atoms with Crippen molar-refractivity contribution in [3.05, 3.63) is 35.2 Å². The van der Waals surface area contributed by atoms with Gasteiger partial charge in [0.15, 0.2) is 0 Å². The van der Waals surface area contributed by atoms with Crippen LogP contribution in [0.25, 0.3) is 11.4 Å². The Balaban J connectivity index is 2.26. The van der Waals surface area contributed by atoms with E-state index < -0.39 is 0 Å². The van der Waals surface area contributed by atoms with Gasteiger partial charge in [0.1, 0.15) is 6.04 Å². The fourth-order valence-electron chi connectivity index (χ4n) is 1.53. The van der Waals surface area contributed by atoms with Crippen molar-refractivity contribution in [1.82, 2.24) is 15.5 Å². The molecule has 1 aromatic heterocycles. The van der Waals surface area contributed by atoms with Crippen LogP contribution in [0.3, 0.4) is 0 Å². The number of aromatic nitrogens is 2. The maximum Gasteiger partial charge on any atom is 0.249 e. The second kappa shape index (κ2) is 5.18. The van der Waals surface area contributed by atoms with E-state index in [1.165, 1.54) is 6.92 Å². The number of amides is 1. The molecule has 2 aromatic rings. The van der Waals surface area contributed by atoms with E-state index in [4.69, 9.17) is 16.1 Å². The maximum atomic E-state index is 10.9. The molecule has 0 unspecified atom stereocenters. The van der Waals surface area contributed by atoms with Crippen LogP contribution in [0.1, 0.15) is 25.8 Å². The molecule has 1 atom stereocenters. The molecule has 1 aromatic carbocycles. The highest BCUT2D eigenvalue weighted by atomic mass is 35.5. The maximum absolute atomic E-state index is 10.9. The average molecular weight is 266 g/mol. The Bertz CT molecular complexity index is 568. The number of hydrogen-bond donors (Lipinski definition) is 1. The zero-order valence-corrected chi connectivity index (χ0v) is 10.7. The highest BCUT2D eigenvalue weighted by Gasteiger charge is 2.16. The molecule has 2 rings (SSSR count). The quantitative estimate of drug-likeness (QED) is 0.926. The molecule has 94 valence electrons. The minimum atomic E-state index is -0.328. The van der Waals surface area contributed by atoms with Crippen LogP contribution in [0.5, 0.6) is 0 Å². The van der Waals surface area contributed by atoms with E-state index in [2.05, 4.69) is 15.5 Å². The molecule has 0 aliphatic heterocycles. The van der Waals surface area contributed by atoms with Gasteiger partial charge in [-0.1, -0.05) is 28.9 Å². The first-order valence-electron chi connectivity index (χ1n) is 5.43. The van der Waals surface area contributed by atoms with Crippen molar-refractivity contribution in [3.8, 4) is 11.4 Å². The molecule has 6 heteroatoms. The molecule has 1 amide bonds. The Morgan fingerprint density at radius 1 is 1.44 bits per heavy atom. The second-order valence-corrected chi connectivity index (χ2v) is 4.27. The fraction of sp³-hybridized carbons (Fsp3) is 0.250. The molecule has 0 saturated heterocycles. The summed E-state index contributed by atoms with van der Waals surface area (Å²) in [6.07, 6.45) is 0. The highest BCUT2D eigenvalue weighted by molar-refractivity contribution is 6.33. The van der Waals surface area contributed by atoms with Crippen molar-refractivity contribution in [2.24, 2.45) is 0 Å². The summed E-state index contributed by atoms with van der Waals surface area (Å²) < 4.78 is 5.10. The van der Waals surface area contributed by atoms with Crippen molar-refractivity contribution in [2.75, 3.05) is 0 Å². The van der Waals surface area contributed by atoms with Gasteiger partial charge in [-0.3, -0.25) is 4.79 Å². The molecule has 0 radical (unpaired) electrons. The van der Waals surface area contributed by atoms with Gasteiger partial charge in [-0.05, 0) is 19.1 Å². The molecule has 0 aliphatic carbocycles. The summed E-state index contributed by atoms with van der Waals surface area (Å²) in [7, 11) is 0. The van der Waals surface area contributed by atoms with Crippen LogP contribution in [-0.2, 0) is 4.79 Å². The minimum Gasteiger partial charge on any atom is -0.345 e. The SMILES string of the molecule is CC(=O)N[C@H](C)c1nc(-c2ccccc2Cl)no1. The molecule has 1 heterocycles. The number of hydrogen-bond acceptors (Lipinski definition) is 4. The Kier molecular flexibility index (Phi) is 3.62. The van der Waals surface area contributed by atoms with Gasteiger partial charge in [-0.25, -0.2) is 0 Å². The van der Waals surface area contributed by atoms with Gasteiger partial charge in [0.2, 0.25) is 17.6 Å². The van der Waals surface area contributed by atoms with Crippen molar-refractivity contribution in [2.45, 2.75) is 19.9 Å². The van der Waals surface area contributed by atoms with Crippen LogP contribution >= 0.6 is 11.6 Å². The summed E-state index contributed by atoms with van der Waals surface area (Å²) in [4.78, 5) is 15.2. The zero-order chi connectivity index (χ0) is 13.1. The number of halogens is 1. The third-order valence-corrected chi connectivity index (χ3v) is 2.68. The van der Waals surface area contributed by atoms with E-state index >= 15 is 0 Å². The highest BCUT2D eigenvalue weighted by Crippen LogP contribution is 2.25. The first-order valence-corrected chi connectivity index (χ1v) is 5.81. The first-order chi connectivity index (χ1) is 8.58. The first kappa shape index (κ1) is 12.6. The van der Waals surface area contributed by atoms with Gasteiger partial charge in [0.25, 0.3) is 0 Å².